The van der Waals surface area contributed by atoms with Gasteiger partial charge >= 0.3 is 0 Å². The number of ketones is 1. The first-order chi connectivity index (χ1) is 17.0. The zero-order valence-electron chi connectivity index (χ0n) is 19.8. The first-order valence-electron chi connectivity index (χ1n) is 11.7. The molecule has 3 aromatic rings. The highest BCUT2D eigenvalue weighted by atomic mass is 16.5. The maximum atomic E-state index is 13.7. The summed E-state index contributed by atoms with van der Waals surface area (Å²) in [7, 11) is 1.56. The number of fused-ring (bicyclic) bond motifs is 1. The van der Waals surface area contributed by atoms with Crippen molar-refractivity contribution in [1.82, 2.24) is 9.80 Å². The largest absolute Gasteiger partial charge is 0.503 e. The Kier molecular flexibility index (Phi) is 6.32. The van der Waals surface area contributed by atoms with Gasteiger partial charge in [0.15, 0.2) is 11.5 Å². The summed E-state index contributed by atoms with van der Waals surface area (Å²) in [5.74, 6) is -0.933. The first-order valence-corrected chi connectivity index (χ1v) is 11.7. The number of nitrogens with zero attached hydrogens (tertiary/aromatic N) is 2. The van der Waals surface area contributed by atoms with Gasteiger partial charge in [-0.25, -0.2) is 0 Å². The van der Waals surface area contributed by atoms with Gasteiger partial charge in [-0.15, -0.1) is 0 Å². The van der Waals surface area contributed by atoms with Crippen molar-refractivity contribution in [3.8, 4) is 5.75 Å². The molecule has 182 valence electrons. The molecule has 0 spiro atoms. The minimum absolute atomic E-state index is 0.0148. The number of benzene rings is 2. The standard InChI is InChI=1S/C27H28N2O6/c1-17-6-7-21-19(14-17)16-22(35-21)25(30)23-24(18-4-3-5-20(15-18)33-2)29(27(32)26(23)31)9-8-28-10-12-34-13-11-28/h3-7,14-16,24,31H,8-13H2,1-2H3. The number of methoxy groups -OCH3 is 1. The quantitative estimate of drug-likeness (QED) is 0.520. The molecule has 1 N–H and O–H groups in total. The van der Waals surface area contributed by atoms with Crippen LogP contribution in [0.1, 0.15) is 27.7 Å². The van der Waals surface area contributed by atoms with Crippen LogP contribution >= 0.6 is 0 Å². The Morgan fingerprint density at radius 2 is 1.91 bits per heavy atom. The molecule has 35 heavy (non-hydrogen) atoms. The Morgan fingerprint density at radius 3 is 2.69 bits per heavy atom. The van der Waals surface area contributed by atoms with E-state index in [-0.39, 0.29) is 11.3 Å². The molecule has 1 amide bonds. The molecule has 1 unspecified atom stereocenters. The van der Waals surface area contributed by atoms with Gasteiger partial charge in [0.25, 0.3) is 5.91 Å². The number of carbonyl (C=O) groups excluding carboxylic acids is 2. The number of morpholine rings is 1. The van der Waals surface area contributed by atoms with Crippen molar-refractivity contribution >= 4 is 22.7 Å². The van der Waals surface area contributed by atoms with Gasteiger partial charge < -0.3 is 23.9 Å². The lowest BCUT2D eigenvalue weighted by Gasteiger charge is -2.31. The minimum atomic E-state index is -0.763. The van der Waals surface area contributed by atoms with Crippen LogP contribution in [-0.4, -0.2) is 73.1 Å². The monoisotopic (exact) mass is 476 g/mol. The number of furan rings is 1. The van der Waals surface area contributed by atoms with Gasteiger partial charge in [-0.3, -0.25) is 14.5 Å². The number of hydrogen-bond acceptors (Lipinski definition) is 7. The Balaban J connectivity index is 1.52. The molecule has 2 aromatic carbocycles. The zero-order chi connectivity index (χ0) is 24.5. The van der Waals surface area contributed by atoms with E-state index in [1.165, 1.54) is 0 Å². The fraction of sp³-hybridized carbons (Fsp3) is 0.333. The van der Waals surface area contributed by atoms with Gasteiger partial charge in [-0.05, 0) is 42.8 Å². The SMILES string of the molecule is COc1cccc(C2C(C(=O)c3cc4cc(C)ccc4o3)=C(O)C(=O)N2CCN2CCOCC2)c1. The fourth-order valence-corrected chi connectivity index (χ4v) is 4.76. The molecule has 3 heterocycles. The van der Waals surface area contributed by atoms with Crippen molar-refractivity contribution < 1.29 is 28.6 Å². The molecule has 8 heteroatoms. The number of carbonyl (C=O) groups is 2. The highest BCUT2D eigenvalue weighted by molar-refractivity contribution is 6.16. The summed E-state index contributed by atoms with van der Waals surface area (Å²) in [6, 6.07) is 13.8. The topological polar surface area (TPSA) is 92.5 Å². The predicted octanol–water partition coefficient (Wildman–Crippen LogP) is 3.66. The number of ether oxygens (including phenoxy) is 2. The van der Waals surface area contributed by atoms with Gasteiger partial charge in [0.2, 0.25) is 5.78 Å². The van der Waals surface area contributed by atoms with Gasteiger partial charge in [-0.1, -0.05) is 23.8 Å². The molecule has 1 atom stereocenters. The van der Waals surface area contributed by atoms with E-state index >= 15 is 0 Å². The lowest BCUT2D eigenvalue weighted by atomic mass is 9.94. The zero-order valence-corrected chi connectivity index (χ0v) is 19.8. The van der Waals surface area contributed by atoms with E-state index in [0.29, 0.717) is 43.2 Å². The molecule has 1 aromatic heterocycles. The third kappa shape index (κ3) is 4.42. The normalized spacial score (nSPS) is 19.1. The number of aliphatic hydroxyl groups is 1. The van der Waals surface area contributed by atoms with Gasteiger partial charge in [-0.2, -0.15) is 0 Å². The highest BCUT2D eigenvalue weighted by Crippen LogP contribution is 2.40. The van der Waals surface area contributed by atoms with Crippen LogP contribution in [-0.2, 0) is 9.53 Å². The van der Waals surface area contributed by atoms with Crippen LogP contribution in [0.15, 0.2) is 64.3 Å². The second-order valence-electron chi connectivity index (χ2n) is 8.88. The van der Waals surface area contributed by atoms with Gasteiger partial charge in [0.05, 0.1) is 31.9 Å². The predicted molar refractivity (Wildman–Crippen MR) is 130 cm³/mol. The molecule has 5 rings (SSSR count). The van der Waals surface area contributed by atoms with E-state index in [1.807, 2.05) is 31.2 Å². The molecular weight excluding hydrogens is 448 g/mol. The van der Waals surface area contributed by atoms with Crippen LogP contribution in [0.2, 0.25) is 0 Å². The fourth-order valence-electron chi connectivity index (χ4n) is 4.76. The Hall–Kier alpha value is -3.62. The summed E-state index contributed by atoms with van der Waals surface area (Å²) in [5, 5.41) is 11.7. The number of aryl methyl sites for hydroxylation is 1. The van der Waals surface area contributed by atoms with Crippen molar-refractivity contribution in [2.45, 2.75) is 13.0 Å². The lowest BCUT2D eigenvalue weighted by molar-refractivity contribution is -0.129. The van der Waals surface area contributed by atoms with Crippen LogP contribution in [0.5, 0.6) is 5.75 Å². The Morgan fingerprint density at radius 1 is 1.11 bits per heavy atom. The highest BCUT2D eigenvalue weighted by Gasteiger charge is 2.44. The molecule has 0 bridgehead atoms. The second-order valence-corrected chi connectivity index (χ2v) is 8.88. The van der Waals surface area contributed by atoms with E-state index in [4.69, 9.17) is 13.9 Å². The molecule has 0 aliphatic carbocycles. The molecule has 0 saturated carbocycles. The van der Waals surface area contributed by atoms with E-state index in [1.54, 1.807) is 36.3 Å². The lowest BCUT2D eigenvalue weighted by Crippen LogP contribution is -2.43. The third-order valence-corrected chi connectivity index (χ3v) is 6.61. The van der Waals surface area contributed by atoms with Gasteiger partial charge in [0, 0.05) is 31.6 Å². The van der Waals surface area contributed by atoms with Crippen LogP contribution < -0.4 is 4.74 Å². The van der Waals surface area contributed by atoms with Crippen LogP contribution in [0, 0.1) is 6.92 Å². The van der Waals surface area contributed by atoms with Crippen molar-refractivity contribution in [2.75, 3.05) is 46.5 Å². The molecule has 0 radical (unpaired) electrons. The second kappa shape index (κ2) is 9.56. The summed E-state index contributed by atoms with van der Waals surface area (Å²) < 4.78 is 16.6. The van der Waals surface area contributed by atoms with Crippen LogP contribution in [0.3, 0.4) is 0 Å². The number of Topliss-reactive ketones (excluding diaryl/α,β-unsaturated/α-hetero) is 1. The summed E-state index contributed by atoms with van der Waals surface area (Å²) >= 11 is 0. The molecule has 2 aliphatic rings. The maximum Gasteiger partial charge on any atom is 0.290 e. The Labute approximate surface area is 203 Å². The van der Waals surface area contributed by atoms with Crippen molar-refractivity contribution in [3.05, 3.63) is 76.8 Å². The van der Waals surface area contributed by atoms with Crippen LogP contribution in [0.25, 0.3) is 11.0 Å². The van der Waals surface area contributed by atoms with Crippen molar-refractivity contribution in [3.63, 3.8) is 0 Å². The maximum absolute atomic E-state index is 13.7. The van der Waals surface area contributed by atoms with Crippen molar-refractivity contribution in [2.24, 2.45) is 0 Å². The summed E-state index contributed by atoms with van der Waals surface area (Å²) in [5.41, 5.74) is 2.31. The van der Waals surface area contributed by atoms with E-state index in [2.05, 4.69) is 4.90 Å². The van der Waals surface area contributed by atoms with E-state index in [0.717, 1.165) is 24.0 Å². The molecule has 1 saturated heterocycles. The van der Waals surface area contributed by atoms with Crippen LogP contribution in [0.4, 0.5) is 0 Å². The van der Waals surface area contributed by atoms with E-state index in [9.17, 15) is 14.7 Å². The smallest absolute Gasteiger partial charge is 0.290 e. The number of aliphatic hydroxyl groups excluding tert-OH is 1. The molecule has 8 nitrogen and oxygen atoms in total. The number of hydrogen-bond donors (Lipinski definition) is 1. The first kappa shape index (κ1) is 23.1. The van der Waals surface area contributed by atoms with Crippen molar-refractivity contribution in [1.29, 1.82) is 0 Å². The number of amides is 1. The average Bonchev–Trinajstić information content (AvgIpc) is 3.41. The summed E-state index contributed by atoms with van der Waals surface area (Å²) in [4.78, 5) is 30.7. The summed E-state index contributed by atoms with van der Waals surface area (Å²) in [6.07, 6.45) is 0. The average molecular weight is 477 g/mol. The Bertz CT molecular complexity index is 1300. The van der Waals surface area contributed by atoms with Gasteiger partial charge in [0.1, 0.15) is 11.3 Å². The number of rotatable bonds is 7. The summed E-state index contributed by atoms with van der Waals surface area (Å²) in [6.45, 7) is 5.75. The third-order valence-electron chi connectivity index (χ3n) is 6.61. The minimum Gasteiger partial charge on any atom is -0.503 e. The molecule has 2 aliphatic heterocycles. The molecule has 1 fully saturated rings. The van der Waals surface area contributed by atoms with E-state index < -0.39 is 23.5 Å². The molecular formula is C27H28N2O6.